The first-order valence-electron chi connectivity index (χ1n) is 9.86. The molecule has 0 radical (unpaired) electrons. The van der Waals surface area contributed by atoms with Gasteiger partial charge in [-0.2, -0.15) is 0 Å². The zero-order valence-electron chi connectivity index (χ0n) is 15.8. The maximum Gasteiger partial charge on any atom is -0.0409 e. The summed E-state index contributed by atoms with van der Waals surface area (Å²) in [6, 6.07) is 0. The van der Waals surface area contributed by atoms with Crippen molar-refractivity contribution in [3.05, 3.63) is 0 Å². The Morgan fingerprint density at radius 3 is 0.952 bits per heavy atom. The molecule has 21 heavy (non-hydrogen) atoms. The molecular weight excluding hydrogens is 252 g/mol. The van der Waals surface area contributed by atoms with Gasteiger partial charge in [-0.1, -0.05) is 80.1 Å². The highest BCUT2D eigenvalue weighted by Gasteiger charge is 2.28. The Morgan fingerprint density at radius 2 is 0.762 bits per heavy atom. The SMILES string of the molecule is CC(C)CCC1CC(CCC(C)C)CC(CCC(C)C)C1. The largest absolute Gasteiger partial charge is 0.0628 e. The van der Waals surface area contributed by atoms with E-state index in [1.807, 2.05) is 0 Å². The summed E-state index contributed by atoms with van der Waals surface area (Å²) in [5.41, 5.74) is 0. The van der Waals surface area contributed by atoms with Crippen molar-refractivity contribution in [2.75, 3.05) is 0 Å². The standard InChI is InChI=1S/C21H42/c1-16(2)7-10-19-13-20(11-8-17(3)4)15-21(14-19)12-9-18(5)6/h16-21H,7-15H2,1-6H3. The van der Waals surface area contributed by atoms with Crippen molar-refractivity contribution in [3.63, 3.8) is 0 Å². The maximum atomic E-state index is 2.38. The van der Waals surface area contributed by atoms with Gasteiger partial charge in [0.1, 0.15) is 0 Å². The van der Waals surface area contributed by atoms with Crippen molar-refractivity contribution in [2.24, 2.45) is 35.5 Å². The molecule has 1 aliphatic rings. The summed E-state index contributed by atoms with van der Waals surface area (Å²) in [4.78, 5) is 0. The molecule has 0 spiro atoms. The number of rotatable bonds is 9. The van der Waals surface area contributed by atoms with Crippen molar-refractivity contribution in [1.82, 2.24) is 0 Å². The summed E-state index contributed by atoms with van der Waals surface area (Å²) in [5.74, 6) is 5.77. The molecule has 0 nitrogen and oxygen atoms in total. The fourth-order valence-electron chi connectivity index (χ4n) is 4.12. The van der Waals surface area contributed by atoms with Crippen molar-refractivity contribution >= 4 is 0 Å². The summed E-state index contributed by atoms with van der Waals surface area (Å²) in [5, 5.41) is 0. The third-order valence-electron chi connectivity index (χ3n) is 5.46. The van der Waals surface area contributed by atoms with Crippen LogP contribution < -0.4 is 0 Å². The lowest BCUT2D eigenvalue weighted by molar-refractivity contribution is 0.156. The second kappa shape index (κ2) is 9.90. The van der Waals surface area contributed by atoms with E-state index in [-0.39, 0.29) is 0 Å². The van der Waals surface area contributed by atoms with E-state index in [1.165, 1.54) is 57.8 Å². The van der Waals surface area contributed by atoms with Gasteiger partial charge >= 0.3 is 0 Å². The first-order valence-corrected chi connectivity index (χ1v) is 9.86. The van der Waals surface area contributed by atoms with E-state index in [0.29, 0.717) is 0 Å². The van der Waals surface area contributed by atoms with Gasteiger partial charge in [0, 0.05) is 0 Å². The molecule has 0 aliphatic heterocycles. The summed E-state index contributed by atoms with van der Waals surface area (Å²) in [6.45, 7) is 14.3. The molecule has 0 heteroatoms. The average Bonchev–Trinajstić information content (AvgIpc) is 2.40. The summed E-state index contributed by atoms with van der Waals surface area (Å²) < 4.78 is 0. The van der Waals surface area contributed by atoms with Crippen LogP contribution in [0.25, 0.3) is 0 Å². The zero-order valence-corrected chi connectivity index (χ0v) is 15.8. The molecule has 1 fully saturated rings. The van der Waals surface area contributed by atoms with Crippen molar-refractivity contribution in [3.8, 4) is 0 Å². The van der Waals surface area contributed by atoms with Crippen LogP contribution in [0.3, 0.4) is 0 Å². The number of hydrogen-bond acceptors (Lipinski definition) is 0. The normalized spacial score (nSPS) is 27.0. The highest BCUT2D eigenvalue weighted by atomic mass is 14.3. The van der Waals surface area contributed by atoms with Crippen LogP contribution in [0.2, 0.25) is 0 Å². The third-order valence-corrected chi connectivity index (χ3v) is 5.46. The minimum absolute atomic E-state index is 0.884. The summed E-state index contributed by atoms with van der Waals surface area (Å²) in [6.07, 6.45) is 13.4. The van der Waals surface area contributed by atoms with Crippen LogP contribution in [0.4, 0.5) is 0 Å². The van der Waals surface area contributed by atoms with E-state index >= 15 is 0 Å². The molecule has 0 aromatic heterocycles. The van der Waals surface area contributed by atoms with Gasteiger partial charge in [0.2, 0.25) is 0 Å². The Labute approximate surface area is 135 Å². The smallest absolute Gasteiger partial charge is 0.0409 e. The minimum atomic E-state index is 0.884. The second-order valence-corrected chi connectivity index (χ2v) is 9.22. The molecule has 0 aromatic rings. The molecule has 1 aliphatic carbocycles. The van der Waals surface area contributed by atoms with Gasteiger partial charge in [0.05, 0.1) is 0 Å². The fraction of sp³-hybridized carbons (Fsp3) is 1.00. The Morgan fingerprint density at radius 1 is 0.524 bits per heavy atom. The Hall–Kier alpha value is 0. The van der Waals surface area contributed by atoms with Gasteiger partial charge in [-0.15, -0.1) is 0 Å². The van der Waals surface area contributed by atoms with E-state index < -0.39 is 0 Å². The Balaban J connectivity index is 2.46. The molecule has 126 valence electrons. The van der Waals surface area contributed by atoms with Crippen LogP contribution in [-0.2, 0) is 0 Å². The quantitative estimate of drug-likeness (QED) is 0.417. The van der Waals surface area contributed by atoms with Gasteiger partial charge in [0.25, 0.3) is 0 Å². The van der Waals surface area contributed by atoms with Gasteiger partial charge in [-0.3, -0.25) is 0 Å². The van der Waals surface area contributed by atoms with E-state index in [0.717, 1.165) is 35.5 Å². The average molecular weight is 295 g/mol. The van der Waals surface area contributed by atoms with Crippen LogP contribution in [0.15, 0.2) is 0 Å². The van der Waals surface area contributed by atoms with Crippen LogP contribution in [0.1, 0.15) is 99.3 Å². The molecule has 0 N–H and O–H groups in total. The van der Waals surface area contributed by atoms with Crippen LogP contribution in [0.5, 0.6) is 0 Å². The molecule has 0 aromatic carbocycles. The Kier molecular flexibility index (Phi) is 8.98. The number of hydrogen-bond donors (Lipinski definition) is 0. The molecule has 0 heterocycles. The third kappa shape index (κ3) is 8.89. The van der Waals surface area contributed by atoms with Crippen molar-refractivity contribution in [2.45, 2.75) is 99.3 Å². The molecule has 0 saturated heterocycles. The maximum absolute atomic E-state index is 2.38. The monoisotopic (exact) mass is 294 g/mol. The van der Waals surface area contributed by atoms with Crippen molar-refractivity contribution < 1.29 is 0 Å². The summed E-state index contributed by atoms with van der Waals surface area (Å²) in [7, 11) is 0. The lowest BCUT2D eigenvalue weighted by atomic mass is 9.70. The minimum Gasteiger partial charge on any atom is -0.0628 e. The van der Waals surface area contributed by atoms with Gasteiger partial charge in [0.15, 0.2) is 0 Å². The predicted molar refractivity (Wildman–Crippen MR) is 96.5 cm³/mol. The van der Waals surface area contributed by atoms with Crippen molar-refractivity contribution in [1.29, 1.82) is 0 Å². The second-order valence-electron chi connectivity index (χ2n) is 9.22. The van der Waals surface area contributed by atoms with Gasteiger partial charge in [-0.25, -0.2) is 0 Å². The predicted octanol–water partition coefficient (Wildman–Crippen LogP) is 7.33. The molecular formula is C21H42. The van der Waals surface area contributed by atoms with Gasteiger partial charge in [-0.05, 0) is 54.8 Å². The van der Waals surface area contributed by atoms with E-state index in [4.69, 9.17) is 0 Å². The first kappa shape index (κ1) is 19.0. The molecule has 1 saturated carbocycles. The van der Waals surface area contributed by atoms with Crippen LogP contribution in [0, 0.1) is 35.5 Å². The molecule has 0 atom stereocenters. The van der Waals surface area contributed by atoms with Crippen LogP contribution >= 0.6 is 0 Å². The van der Waals surface area contributed by atoms with Gasteiger partial charge < -0.3 is 0 Å². The highest BCUT2D eigenvalue weighted by Crippen LogP contribution is 2.41. The molecule has 0 bridgehead atoms. The van der Waals surface area contributed by atoms with E-state index in [9.17, 15) is 0 Å². The lowest BCUT2D eigenvalue weighted by Gasteiger charge is -2.36. The van der Waals surface area contributed by atoms with E-state index in [1.54, 1.807) is 0 Å². The fourth-order valence-corrected chi connectivity index (χ4v) is 4.12. The first-order chi connectivity index (χ1) is 9.86. The van der Waals surface area contributed by atoms with E-state index in [2.05, 4.69) is 41.5 Å². The molecule has 0 amide bonds. The molecule has 1 rings (SSSR count). The van der Waals surface area contributed by atoms with Crippen LogP contribution in [-0.4, -0.2) is 0 Å². The molecule has 0 unspecified atom stereocenters. The summed E-state index contributed by atoms with van der Waals surface area (Å²) >= 11 is 0. The topological polar surface area (TPSA) is 0 Å². The zero-order chi connectivity index (χ0) is 15.8. The lowest BCUT2D eigenvalue weighted by Crippen LogP contribution is -2.24. The Bertz CT molecular complexity index is 202. The highest BCUT2D eigenvalue weighted by molar-refractivity contribution is 4.80.